The summed E-state index contributed by atoms with van der Waals surface area (Å²) in [6.45, 7) is 3.43. The minimum atomic E-state index is -0.315. The summed E-state index contributed by atoms with van der Waals surface area (Å²) in [6.07, 6.45) is 0. The van der Waals surface area contributed by atoms with Gasteiger partial charge in [0.2, 0.25) is 0 Å². The van der Waals surface area contributed by atoms with Gasteiger partial charge in [0.25, 0.3) is 5.91 Å². The van der Waals surface area contributed by atoms with Crippen LogP contribution in [0.4, 0.5) is 0 Å². The van der Waals surface area contributed by atoms with E-state index in [0.29, 0.717) is 22.5 Å². The zero-order valence-corrected chi connectivity index (χ0v) is 11.4. The second-order valence-electron chi connectivity index (χ2n) is 4.46. The van der Waals surface area contributed by atoms with Gasteiger partial charge in [0.1, 0.15) is 0 Å². The topological polar surface area (TPSA) is 72.0 Å². The molecule has 0 atom stereocenters. The summed E-state index contributed by atoms with van der Waals surface area (Å²) >= 11 is 0. The molecule has 0 unspecified atom stereocenters. The van der Waals surface area contributed by atoms with Gasteiger partial charge in [-0.25, -0.2) is 0 Å². The number of nitrogens with zero attached hydrogens (tertiary/aromatic N) is 2. The molecular weight excluding hydrogens is 254 g/mol. The number of hydrogen-bond acceptors (Lipinski definition) is 4. The Morgan fingerprint density at radius 1 is 1.10 bits per heavy atom. The Hall–Kier alpha value is -2.56. The minimum Gasteiger partial charge on any atom is -0.345 e. The van der Waals surface area contributed by atoms with Gasteiger partial charge in [-0.1, -0.05) is 30.3 Å². The fourth-order valence-electron chi connectivity index (χ4n) is 1.76. The van der Waals surface area contributed by atoms with Gasteiger partial charge >= 0.3 is 0 Å². The molecular formula is C15H15N3O2. The monoisotopic (exact) mass is 269 g/mol. The number of nitrogens with one attached hydrogen (secondary N) is 1. The highest BCUT2D eigenvalue weighted by atomic mass is 16.2. The van der Waals surface area contributed by atoms with Gasteiger partial charge in [0, 0.05) is 5.56 Å². The molecule has 1 heterocycles. The molecule has 1 aromatic carbocycles. The van der Waals surface area contributed by atoms with E-state index in [0.717, 1.165) is 0 Å². The number of benzene rings is 1. The highest BCUT2D eigenvalue weighted by Crippen LogP contribution is 2.05. The molecule has 0 spiro atoms. The lowest BCUT2D eigenvalue weighted by Gasteiger charge is -2.07. The molecule has 0 aliphatic rings. The van der Waals surface area contributed by atoms with E-state index in [1.54, 1.807) is 44.2 Å². The maximum absolute atomic E-state index is 12.0. The molecule has 1 N–H and O–H groups in total. The number of carbonyl (C=O) groups excluding carboxylic acids is 2. The second kappa shape index (κ2) is 6.06. The van der Waals surface area contributed by atoms with Gasteiger partial charge < -0.3 is 5.32 Å². The maximum atomic E-state index is 12.0. The quantitative estimate of drug-likeness (QED) is 0.858. The average molecular weight is 269 g/mol. The van der Waals surface area contributed by atoms with Crippen molar-refractivity contribution in [1.29, 1.82) is 0 Å². The van der Waals surface area contributed by atoms with E-state index in [9.17, 15) is 9.59 Å². The molecule has 0 aliphatic heterocycles. The molecule has 0 aliphatic carbocycles. The zero-order valence-electron chi connectivity index (χ0n) is 11.4. The fraction of sp³-hybridized carbons (Fsp3) is 0.200. The van der Waals surface area contributed by atoms with Crippen molar-refractivity contribution in [3.05, 3.63) is 58.9 Å². The van der Waals surface area contributed by atoms with Crippen LogP contribution in [0.3, 0.4) is 0 Å². The van der Waals surface area contributed by atoms with E-state index < -0.39 is 0 Å². The van der Waals surface area contributed by atoms with Crippen LogP contribution in [0.25, 0.3) is 0 Å². The summed E-state index contributed by atoms with van der Waals surface area (Å²) in [4.78, 5) is 23.9. The van der Waals surface area contributed by atoms with Crippen LogP contribution in [0, 0.1) is 13.8 Å². The highest BCUT2D eigenvalue weighted by molar-refractivity contribution is 6.02. The Morgan fingerprint density at radius 3 is 2.50 bits per heavy atom. The van der Waals surface area contributed by atoms with Gasteiger partial charge in [0.15, 0.2) is 5.78 Å². The van der Waals surface area contributed by atoms with Crippen molar-refractivity contribution >= 4 is 11.7 Å². The highest BCUT2D eigenvalue weighted by Gasteiger charge is 2.13. The Bertz CT molecular complexity index is 639. The van der Waals surface area contributed by atoms with Crippen LogP contribution < -0.4 is 5.32 Å². The smallest absolute Gasteiger partial charge is 0.253 e. The molecule has 0 fully saturated rings. The lowest BCUT2D eigenvalue weighted by molar-refractivity contribution is 0.0903. The number of aryl methyl sites for hydroxylation is 2. The predicted molar refractivity (Wildman–Crippen MR) is 74.6 cm³/mol. The Morgan fingerprint density at radius 2 is 1.80 bits per heavy atom. The van der Waals surface area contributed by atoms with Crippen molar-refractivity contribution in [2.24, 2.45) is 0 Å². The van der Waals surface area contributed by atoms with Crippen LogP contribution in [0.1, 0.15) is 32.1 Å². The molecule has 2 aromatic rings. The molecule has 0 bridgehead atoms. The molecule has 2 rings (SSSR count). The Labute approximate surface area is 117 Å². The number of amides is 1. The van der Waals surface area contributed by atoms with Crippen LogP contribution in [0.2, 0.25) is 0 Å². The normalized spacial score (nSPS) is 10.1. The predicted octanol–water partition coefficient (Wildman–Crippen LogP) is 1.71. The molecule has 1 amide bonds. The van der Waals surface area contributed by atoms with E-state index in [2.05, 4.69) is 15.5 Å². The summed E-state index contributed by atoms with van der Waals surface area (Å²) < 4.78 is 0. The number of Topliss-reactive ketones (excluding diaryl/α,β-unsaturated/α-hetero) is 1. The summed E-state index contributed by atoms with van der Waals surface area (Å²) in [7, 11) is 0. The Kier molecular flexibility index (Phi) is 4.20. The summed E-state index contributed by atoms with van der Waals surface area (Å²) in [5, 5.41) is 10.4. The van der Waals surface area contributed by atoms with Gasteiger partial charge in [-0.05, 0) is 19.9 Å². The van der Waals surface area contributed by atoms with Gasteiger partial charge in [-0.2, -0.15) is 10.2 Å². The van der Waals surface area contributed by atoms with E-state index >= 15 is 0 Å². The SMILES string of the molecule is Cc1cc(C(=O)NCC(=O)c2ccccc2)c(C)nn1. The van der Waals surface area contributed by atoms with Crippen LogP contribution in [0.15, 0.2) is 36.4 Å². The van der Waals surface area contributed by atoms with E-state index in [1.807, 2.05) is 6.07 Å². The molecule has 0 radical (unpaired) electrons. The lowest BCUT2D eigenvalue weighted by Crippen LogP contribution is -2.30. The summed E-state index contributed by atoms with van der Waals surface area (Å²) in [5.74, 6) is -0.444. The van der Waals surface area contributed by atoms with Crippen LogP contribution >= 0.6 is 0 Å². The molecule has 102 valence electrons. The third kappa shape index (κ3) is 3.26. The third-order valence-electron chi connectivity index (χ3n) is 2.85. The van der Waals surface area contributed by atoms with Crippen molar-refractivity contribution in [1.82, 2.24) is 15.5 Å². The fourth-order valence-corrected chi connectivity index (χ4v) is 1.76. The molecule has 0 saturated carbocycles. The van der Waals surface area contributed by atoms with E-state index in [4.69, 9.17) is 0 Å². The standard InChI is InChI=1S/C15H15N3O2/c1-10-8-13(11(2)18-17-10)15(20)16-9-14(19)12-6-4-3-5-7-12/h3-8H,9H2,1-2H3,(H,16,20). The number of hydrogen-bond donors (Lipinski definition) is 1. The summed E-state index contributed by atoms with van der Waals surface area (Å²) in [6, 6.07) is 10.5. The molecule has 5 nitrogen and oxygen atoms in total. The molecule has 20 heavy (non-hydrogen) atoms. The summed E-state index contributed by atoms with van der Waals surface area (Å²) in [5.41, 5.74) is 2.22. The average Bonchev–Trinajstić information content (AvgIpc) is 2.47. The maximum Gasteiger partial charge on any atom is 0.253 e. The molecule has 5 heteroatoms. The van der Waals surface area contributed by atoms with Gasteiger partial charge in [-0.15, -0.1) is 0 Å². The zero-order chi connectivity index (χ0) is 14.5. The second-order valence-corrected chi connectivity index (χ2v) is 4.46. The van der Waals surface area contributed by atoms with Crippen LogP contribution in [-0.2, 0) is 0 Å². The lowest BCUT2D eigenvalue weighted by atomic mass is 10.1. The third-order valence-corrected chi connectivity index (χ3v) is 2.85. The number of rotatable bonds is 4. The first-order valence-corrected chi connectivity index (χ1v) is 6.25. The number of carbonyl (C=O) groups is 2. The van der Waals surface area contributed by atoms with Gasteiger partial charge in [0.05, 0.1) is 23.5 Å². The largest absolute Gasteiger partial charge is 0.345 e. The van der Waals surface area contributed by atoms with Crippen molar-refractivity contribution in [3.63, 3.8) is 0 Å². The van der Waals surface area contributed by atoms with Gasteiger partial charge in [-0.3, -0.25) is 9.59 Å². The number of ketones is 1. The number of aromatic nitrogens is 2. The van der Waals surface area contributed by atoms with Crippen molar-refractivity contribution in [3.8, 4) is 0 Å². The van der Waals surface area contributed by atoms with E-state index in [1.165, 1.54) is 0 Å². The minimum absolute atomic E-state index is 0.0380. The molecule has 1 aromatic heterocycles. The van der Waals surface area contributed by atoms with E-state index in [-0.39, 0.29) is 18.2 Å². The van der Waals surface area contributed by atoms with Crippen LogP contribution in [0.5, 0.6) is 0 Å². The van der Waals surface area contributed by atoms with Crippen molar-refractivity contribution in [2.75, 3.05) is 6.54 Å². The first kappa shape index (κ1) is 13.9. The first-order chi connectivity index (χ1) is 9.58. The van der Waals surface area contributed by atoms with Crippen LogP contribution in [-0.4, -0.2) is 28.4 Å². The molecule has 0 saturated heterocycles. The Balaban J connectivity index is 2.02. The van der Waals surface area contributed by atoms with Crippen molar-refractivity contribution < 1.29 is 9.59 Å². The first-order valence-electron chi connectivity index (χ1n) is 6.25. The van der Waals surface area contributed by atoms with Crippen molar-refractivity contribution in [2.45, 2.75) is 13.8 Å².